The number of nitro benzene ring substituents is 1. The average molecular weight is 286 g/mol. The van der Waals surface area contributed by atoms with Crippen LogP contribution in [0.25, 0.3) is 0 Å². The van der Waals surface area contributed by atoms with Crippen LogP contribution in [0.3, 0.4) is 0 Å². The molecule has 1 fully saturated rings. The topological polar surface area (TPSA) is 92.5 Å². The Balaban J connectivity index is 2.35. The van der Waals surface area contributed by atoms with Gasteiger partial charge in [0.15, 0.2) is 17.3 Å². The minimum atomic E-state index is -1.37. The third kappa shape index (κ3) is 2.54. The van der Waals surface area contributed by atoms with Gasteiger partial charge in [0.05, 0.1) is 10.8 Å². The zero-order valence-electron chi connectivity index (χ0n) is 10.3. The smallest absolute Gasteiger partial charge is 0.308 e. The van der Waals surface area contributed by atoms with Crippen LogP contribution in [0.4, 0.5) is 20.2 Å². The first-order chi connectivity index (χ1) is 9.41. The van der Waals surface area contributed by atoms with Crippen molar-refractivity contribution in [3.63, 3.8) is 0 Å². The Bertz CT molecular complexity index is 565. The van der Waals surface area contributed by atoms with Crippen LogP contribution in [0.2, 0.25) is 0 Å². The maximum Gasteiger partial charge on any atom is 0.308 e. The molecular weight excluding hydrogens is 274 g/mol. The molecule has 0 aromatic heterocycles. The van der Waals surface area contributed by atoms with Crippen molar-refractivity contribution in [2.24, 2.45) is 5.92 Å². The van der Waals surface area contributed by atoms with Gasteiger partial charge in [-0.3, -0.25) is 14.9 Å². The Morgan fingerprint density at radius 1 is 1.40 bits per heavy atom. The molecule has 6 nitrogen and oxygen atoms in total. The summed E-state index contributed by atoms with van der Waals surface area (Å²) in [6.07, 6.45) is 1.45. The lowest BCUT2D eigenvalue weighted by Gasteiger charge is -2.19. The van der Waals surface area contributed by atoms with Crippen molar-refractivity contribution in [1.82, 2.24) is 0 Å². The summed E-state index contributed by atoms with van der Waals surface area (Å²) in [6, 6.07) is 0.871. The van der Waals surface area contributed by atoms with Gasteiger partial charge in [0, 0.05) is 12.1 Å². The fourth-order valence-corrected chi connectivity index (χ4v) is 2.44. The molecule has 8 heteroatoms. The van der Waals surface area contributed by atoms with Crippen LogP contribution in [0.5, 0.6) is 0 Å². The molecule has 0 aliphatic heterocycles. The summed E-state index contributed by atoms with van der Waals surface area (Å²) in [5.41, 5.74) is -1.20. The highest BCUT2D eigenvalue weighted by Crippen LogP contribution is 2.34. The quantitative estimate of drug-likeness (QED) is 0.655. The number of carbonyl (C=O) groups is 1. The molecule has 1 saturated carbocycles. The number of carboxylic acid groups (broad SMARTS) is 1. The molecule has 0 spiro atoms. The molecule has 2 atom stereocenters. The number of halogens is 2. The van der Waals surface area contributed by atoms with Gasteiger partial charge in [-0.05, 0) is 18.9 Å². The summed E-state index contributed by atoms with van der Waals surface area (Å²) in [5.74, 6) is -4.41. The lowest BCUT2D eigenvalue weighted by molar-refractivity contribution is -0.384. The van der Waals surface area contributed by atoms with Crippen molar-refractivity contribution in [1.29, 1.82) is 0 Å². The summed E-state index contributed by atoms with van der Waals surface area (Å²) in [5, 5.41) is 22.4. The zero-order chi connectivity index (χ0) is 14.9. The van der Waals surface area contributed by atoms with E-state index >= 15 is 0 Å². The molecule has 0 saturated heterocycles. The standard InChI is InChI=1S/C12H12F2N2O4/c13-7-4-5-9(16(19)20)11(10(7)14)15-8-3-1-2-6(8)12(17)18/h4-6,8,15H,1-3H2,(H,17,18). The van der Waals surface area contributed by atoms with E-state index in [-0.39, 0.29) is 0 Å². The highest BCUT2D eigenvalue weighted by atomic mass is 19.2. The van der Waals surface area contributed by atoms with Crippen molar-refractivity contribution in [2.75, 3.05) is 5.32 Å². The van der Waals surface area contributed by atoms with E-state index in [1.54, 1.807) is 0 Å². The predicted octanol–water partition coefficient (Wildman–Crippen LogP) is 2.54. The monoisotopic (exact) mass is 286 g/mol. The van der Waals surface area contributed by atoms with Crippen LogP contribution in [0.15, 0.2) is 12.1 Å². The summed E-state index contributed by atoms with van der Waals surface area (Å²) in [4.78, 5) is 21.0. The summed E-state index contributed by atoms with van der Waals surface area (Å²) >= 11 is 0. The first-order valence-corrected chi connectivity index (χ1v) is 6.03. The van der Waals surface area contributed by atoms with Gasteiger partial charge in [-0.25, -0.2) is 8.78 Å². The van der Waals surface area contributed by atoms with Crippen molar-refractivity contribution >= 4 is 17.3 Å². The van der Waals surface area contributed by atoms with Gasteiger partial charge in [-0.15, -0.1) is 0 Å². The lowest BCUT2D eigenvalue weighted by Crippen LogP contribution is -2.30. The molecule has 0 heterocycles. The number of aliphatic carboxylic acids is 1. The summed E-state index contributed by atoms with van der Waals surface area (Å²) in [7, 11) is 0. The Morgan fingerprint density at radius 2 is 2.10 bits per heavy atom. The Hall–Kier alpha value is -2.25. The minimum absolute atomic E-state index is 0.401. The van der Waals surface area contributed by atoms with E-state index in [4.69, 9.17) is 5.11 Å². The Labute approximate surface area is 112 Å². The van der Waals surface area contributed by atoms with E-state index in [2.05, 4.69) is 5.32 Å². The fraction of sp³-hybridized carbons (Fsp3) is 0.417. The van der Waals surface area contributed by atoms with E-state index < -0.39 is 45.9 Å². The van der Waals surface area contributed by atoms with Crippen LogP contribution in [0.1, 0.15) is 19.3 Å². The zero-order valence-corrected chi connectivity index (χ0v) is 10.3. The number of benzene rings is 1. The number of hydrogen-bond donors (Lipinski definition) is 2. The van der Waals surface area contributed by atoms with E-state index in [0.29, 0.717) is 25.3 Å². The maximum absolute atomic E-state index is 13.7. The van der Waals surface area contributed by atoms with Crippen LogP contribution >= 0.6 is 0 Å². The molecule has 2 rings (SSSR count). The first-order valence-electron chi connectivity index (χ1n) is 6.03. The van der Waals surface area contributed by atoms with E-state index in [1.807, 2.05) is 0 Å². The van der Waals surface area contributed by atoms with Crippen LogP contribution in [-0.2, 0) is 4.79 Å². The average Bonchev–Trinajstić information content (AvgIpc) is 2.83. The number of rotatable bonds is 4. The van der Waals surface area contributed by atoms with Gasteiger partial charge in [-0.2, -0.15) is 0 Å². The number of anilines is 1. The van der Waals surface area contributed by atoms with E-state index in [0.717, 1.165) is 6.07 Å². The summed E-state index contributed by atoms with van der Waals surface area (Å²) in [6.45, 7) is 0. The van der Waals surface area contributed by atoms with Crippen molar-refractivity contribution < 1.29 is 23.6 Å². The number of hydrogen-bond acceptors (Lipinski definition) is 4. The third-order valence-electron chi connectivity index (χ3n) is 3.43. The molecule has 0 radical (unpaired) electrons. The number of nitro groups is 1. The molecule has 0 amide bonds. The highest BCUT2D eigenvalue weighted by molar-refractivity contribution is 5.73. The number of carboxylic acids is 1. The van der Waals surface area contributed by atoms with Crippen molar-refractivity contribution in [3.05, 3.63) is 33.9 Å². The van der Waals surface area contributed by atoms with Crippen LogP contribution in [-0.4, -0.2) is 22.0 Å². The normalized spacial score (nSPS) is 21.7. The molecular formula is C12H12F2N2O4. The van der Waals surface area contributed by atoms with Crippen molar-refractivity contribution in [2.45, 2.75) is 25.3 Å². The van der Waals surface area contributed by atoms with E-state index in [9.17, 15) is 23.7 Å². The van der Waals surface area contributed by atoms with Gasteiger partial charge in [0.25, 0.3) is 5.69 Å². The molecule has 0 bridgehead atoms. The number of nitrogens with zero attached hydrogens (tertiary/aromatic N) is 1. The second-order valence-corrected chi connectivity index (χ2v) is 4.64. The molecule has 20 heavy (non-hydrogen) atoms. The fourth-order valence-electron chi connectivity index (χ4n) is 2.44. The molecule has 2 unspecified atom stereocenters. The SMILES string of the molecule is O=C(O)C1CCCC1Nc1c([N+](=O)[O-])ccc(F)c1F. The second kappa shape index (κ2) is 5.40. The Morgan fingerprint density at radius 3 is 2.70 bits per heavy atom. The molecule has 1 aromatic rings. The predicted molar refractivity (Wildman–Crippen MR) is 65.4 cm³/mol. The van der Waals surface area contributed by atoms with Gasteiger partial charge >= 0.3 is 5.97 Å². The summed E-state index contributed by atoms with van der Waals surface area (Å²) < 4.78 is 26.9. The molecule has 1 aromatic carbocycles. The largest absolute Gasteiger partial charge is 0.481 e. The first kappa shape index (κ1) is 14.2. The third-order valence-corrected chi connectivity index (χ3v) is 3.43. The molecule has 2 N–H and O–H groups in total. The van der Waals surface area contributed by atoms with E-state index in [1.165, 1.54) is 0 Å². The number of nitrogens with one attached hydrogen (secondary N) is 1. The molecule has 108 valence electrons. The molecule has 1 aliphatic rings. The van der Waals surface area contributed by atoms with Gasteiger partial charge < -0.3 is 10.4 Å². The van der Waals surface area contributed by atoms with Crippen LogP contribution < -0.4 is 5.32 Å². The molecule has 1 aliphatic carbocycles. The minimum Gasteiger partial charge on any atom is -0.481 e. The van der Waals surface area contributed by atoms with Gasteiger partial charge in [0.1, 0.15) is 0 Å². The Kier molecular flexibility index (Phi) is 3.82. The van der Waals surface area contributed by atoms with Crippen molar-refractivity contribution in [3.8, 4) is 0 Å². The van der Waals surface area contributed by atoms with Gasteiger partial charge in [0.2, 0.25) is 0 Å². The van der Waals surface area contributed by atoms with Gasteiger partial charge in [-0.1, -0.05) is 6.42 Å². The second-order valence-electron chi connectivity index (χ2n) is 4.64. The van der Waals surface area contributed by atoms with Crippen LogP contribution in [0, 0.1) is 27.7 Å². The lowest BCUT2D eigenvalue weighted by atomic mass is 10.0. The highest BCUT2D eigenvalue weighted by Gasteiger charge is 2.35. The maximum atomic E-state index is 13.7.